The molecule has 10 heteroatoms. The summed E-state index contributed by atoms with van der Waals surface area (Å²) in [5.41, 5.74) is 5.94. The lowest BCUT2D eigenvalue weighted by atomic mass is 9.92. The molecule has 0 aromatic heterocycles. The molecule has 1 heterocycles. The molecule has 3 rings (SSSR count). The van der Waals surface area contributed by atoms with Crippen LogP contribution in [0.25, 0.3) is 0 Å². The number of hydrogen-bond acceptors (Lipinski definition) is 7. The number of ether oxygens (including phenoxy) is 1. The molecule has 3 amide bonds. The molecule has 0 radical (unpaired) electrons. The average Bonchev–Trinajstić information content (AvgIpc) is 3.62. The summed E-state index contributed by atoms with van der Waals surface area (Å²) in [7, 11) is 0. The van der Waals surface area contributed by atoms with Crippen LogP contribution in [0, 0.1) is 11.8 Å². The molecule has 1 saturated heterocycles. The number of amides is 3. The highest BCUT2D eigenvalue weighted by Gasteiger charge is 2.62. The highest BCUT2D eigenvalue weighted by molar-refractivity contribution is 5.96. The lowest BCUT2D eigenvalue weighted by Crippen LogP contribution is -2.62. The standard InChI is InChI=1S/C38H60N4O6/c1-7-9-11-17-32(44)41-31(25-29-18-20-30(21-19-29)48-37(47)33(39)26(3)4)36(46)42(38(41)22-13-14-23-38)34(27(5)8-2)35(45)40-24-15-10-12-16-28(6)43/h18-21,26-27,31,33-34H,7-17,22-25,39H2,1-6H3,(H,40,45). The Labute approximate surface area is 287 Å². The van der Waals surface area contributed by atoms with Crippen LogP contribution in [0.3, 0.4) is 0 Å². The van der Waals surface area contributed by atoms with Crippen LogP contribution in [-0.2, 0) is 30.4 Å². The van der Waals surface area contributed by atoms with Gasteiger partial charge in [-0.1, -0.05) is 72.4 Å². The molecule has 1 aliphatic carbocycles. The van der Waals surface area contributed by atoms with Crippen LogP contribution in [0.2, 0.25) is 0 Å². The van der Waals surface area contributed by atoms with E-state index < -0.39 is 29.8 Å². The van der Waals surface area contributed by atoms with Gasteiger partial charge >= 0.3 is 5.97 Å². The molecule has 1 spiro atoms. The monoisotopic (exact) mass is 668 g/mol. The van der Waals surface area contributed by atoms with Crippen LogP contribution >= 0.6 is 0 Å². The van der Waals surface area contributed by atoms with Gasteiger partial charge in [-0.3, -0.25) is 14.4 Å². The number of carbonyl (C=O) groups is 5. The van der Waals surface area contributed by atoms with E-state index in [4.69, 9.17) is 10.5 Å². The van der Waals surface area contributed by atoms with E-state index in [9.17, 15) is 24.0 Å². The maximum Gasteiger partial charge on any atom is 0.328 e. The first kappa shape index (κ1) is 39.2. The Morgan fingerprint density at radius 1 is 0.958 bits per heavy atom. The van der Waals surface area contributed by atoms with E-state index in [-0.39, 0.29) is 35.3 Å². The van der Waals surface area contributed by atoms with E-state index in [0.717, 1.165) is 56.9 Å². The first-order valence-corrected chi connectivity index (χ1v) is 18.4. The van der Waals surface area contributed by atoms with E-state index in [1.54, 1.807) is 19.1 Å². The summed E-state index contributed by atoms with van der Waals surface area (Å²) in [6, 6.07) is 4.86. The van der Waals surface area contributed by atoms with Gasteiger partial charge in [0.2, 0.25) is 17.7 Å². The number of hydrogen-bond donors (Lipinski definition) is 2. The number of Topliss-reactive ketones (excluding diaryl/α,β-unsaturated/α-hetero) is 1. The Kier molecular flexibility index (Phi) is 15.1. The summed E-state index contributed by atoms with van der Waals surface area (Å²) >= 11 is 0. The smallest absolute Gasteiger partial charge is 0.328 e. The lowest BCUT2D eigenvalue weighted by molar-refractivity contribution is -0.151. The number of nitrogens with two attached hydrogens (primary N) is 1. The van der Waals surface area contributed by atoms with Gasteiger partial charge in [0.15, 0.2) is 0 Å². The zero-order chi connectivity index (χ0) is 35.4. The summed E-state index contributed by atoms with van der Waals surface area (Å²) < 4.78 is 5.49. The third-order valence-corrected chi connectivity index (χ3v) is 10.2. The van der Waals surface area contributed by atoms with Gasteiger partial charge in [0.05, 0.1) is 0 Å². The number of nitrogens with one attached hydrogen (secondary N) is 1. The second-order valence-electron chi connectivity index (χ2n) is 14.3. The largest absolute Gasteiger partial charge is 0.425 e. The Bertz CT molecular complexity index is 1240. The topological polar surface area (TPSA) is 139 Å². The molecular weight excluding hydrogens is 608 g/mol. The lowest BCUT2D eigenvalue weighted by Gasteiger charge is -2.46. The molecule has 48 heavy (non-hydrogen) atoms. The number of esters is 1. The molecule has 0 bridgehead atoms. The van der Waals surface area contributed by atoms with Crippen molar-refractivity contribution in [3.63, 3.8) is 0 Å². The fourth-order valence-corrected chi connectivity index (χ4v) is 7.15. The van der Waals surface area contributed by atoms with Crippen molar-refractivity contribution in [2.24, 2.45) is 17.6 Å². The molecule has 3 N–H and O–H groups in total. The molecule has 268 valence electrons. The van der Waals surface area contributed by atoms with Crippen molar-refractivity contribution in [3.05, 3.63) is 29.8 Å². The summed E-state index contributed by atoms with van der Waals surface area (Å²) in [6.45, 7) is 11.9. The Morgan fingerprint density at radius 2 is 1.60 bits per heavy atom. The molecular formula is C38H60N4O6. The van der Waals surface area contributed by atoms with Crippen molar-refractivity contribution in [2.45, 2.75) is 155 Å². The Hall–Kier alpha value is -3.27. The van der Waals surface area contributed by atoms with Gasteiger partial charge in [0.25, 0.3) is 0 Å². The zero-order valence-corrected chi connectivity index (χ0v) is 30.2. The van der Waals surface area contributed by atoms with Crippen LogP contribution in [0.4, 0.5) is 0 Å². The van der Waals surface area contributed by atoms with E-state index in [1.165, 1.54) is 0 Å². The fourth-order valence-electron chi connectivity index (χ4n) is 7.15. The number of nitrogens with zero attached hydrogens (tertiary/aromatic N) is 2. The van der Waals surface area contributed by atoms with Gasteiger partial charge in [0, 0.05) is 25.8 Å². The van der Waals surface area contributed by atoms with E-state index in [1.807, 2.05) is 49.6 Å². The molecule has 10 nitrogen and oxygen atoms in total. The van der Waals surface area contributed by atoms with Crippen molar-refractivity contribution in [2.75, 3.05) is 6.54 Å². The number of carbonyl (C=O) groups excluding carboxylic acids is 5. The fraction of sp³-hybridized carbons (Fsp3) is 0.711. The van der Waals surface area contributed by atoms with E-state index in [0.29, 0.717) is 50.8 Å². The third-order valence-electron chi connectivity index (χ3n) is 10.2. The van der Waals surface area contributed by atoms with Crippen LogP contribution in [0.5, 0.6) is 5.75 Å². The van der Waals surface area contributed by atoms with E-state index >= 15 is 0 Å². The van der Waals surface area contributed by atoms with Crippen LogP contribution in [-0.4, -0.2) is 69.6 Å². The summed E-state index contributed by atoms with van der Waals surface area (Å²) in [5.74, 6) is -0.540. The Morgan fingerprint density at radius 3 is 2.19 bits per heavy atom. The summed E-state index contributed by atoms with van der Waals surface area (Å²) in [6.07, 6.45) is 9.98. The number of ketones is 1. The van der Waals surface area contributed by atoms with Crippen LogP contribution in [0.1, 0.15) is 131 Å². The van der Waals surface area contributed by atoms with Gasteiger partial charge in [-0.25, -0.2) is 4.79 Å². The quantitative estimate of drug-likeness (QED) is 0.110. The summed E-state index contributed by atoms with van der Waals surface area (Å²) in [5, 5.41) is 3.11. The molecule has 4 unspecified atom stereocenters. The molecule has 1 aromatic rings. The first-order chi connectivity index (χ1) is 22.9. The molecule has 1 saturated carbocycles. The minimum atomic E-state index is -0.847. The summed E-state index contributed by atoms with van der Waals surface area (Å²) in [4.78, 5) is 70.3. The van der Waals surface area contributed by atoms with Gasteiger partial charge in [-0.05, 0) is 81.4 Å². The van der Waals surface area contributed by atoms with Crippen molar-refractivity contribution in [1.82, 2.24) is 15.1 Å². The molecule has 2 fully saturated rings. The van der Waals surface area contributed by atoms with Gasteiger partial charge in [-0.15, -0.1) is 0 Å². The minimum Gasteiger partial charge on any atom is -0.425 e. The van der Waals surface area contributed by atoms with Gasteiger partial charge < -0.3 is 30.4 Å². The highest BCUT2D eigenvalue weighted by atomic mass is 16.5. The molecule has 4 atom stereocenters. The number of unbranched alkanes of at least 4 members (excludes halogenated alkanes) is 4. The second-order valence-corrected chi connectivity index (χ2v) is 14.3. The van der Waals surface area contributed by atoms with Gasteiger partial charge in [-0.2, -0.15) is 0 Å². The minimum absolute atomic E-state index is 0.0341. The molecule has 1 aliphatic heterocycles. The molecule has 2 aliphatic rings. The highest BCUT2D eigenvalue weighted by Crippen LogP contribution is 2.48. The SMILES string of the molecule is CCCCCC(=O)N1C(Cc2ccc(OC(=O)C(N)C(C)C)cc2)C(=O)N(C(C(=O)NCCCCCC(C)=O)C(C)CC)C12CCCC2. The normalized spacial score (nSPS) is 19.1. The second kappa shape index (κ2) is 18.5. The van der Waals surface area contributed by atoms with Crippen molar-refractivity contribution < 1.29 is 28.7 Å². The number of rotatable bonds is 19. The van der Waals surface area contributed by atoms with Crippen molar-refractivity contribution >= 4 is 29.5 Å². The van der Waals surface area contributed by atoms with Crippen LogP contribution in [0.15, 0.2) is 24.3 Å². The predicted molar refractivity (Wildman–Crippen MR) is 187 cm³/mol. The molecule has 1 aromatic carbocycles. The maximum absolute atomic E-state index is 14.7. The average molecular weight is 669 g/mol. The first-order valence-electron chi connectivity index (χ1n) is 18.4. The Balaban J connectivity index is 1.93. The predicted octanol–water partition coefficient (Wildman–Crippen LogP) is 5.69. The maximum atomic E-state index is 14.7. The van der Waals surface area contributed by atoms with Crippen molar-refractivity contribution in [1.29, 1.82) is 0 Å². The van der Waals surface area contributed by atoms with Crippen LogP contribution < -0.4 is 15.8 Å². The van der Waals surface area contributed by atoms with E-state index in [2.05, 4.69) is 12.2 Å². The van der Waals surface area contributed by atoms with Crippen molar-refractivity contribution in [3.8, 4) is 5.75 Å². The van der Waals surface area contributed by atoms with Gasteiger partial charge in [0.1, 0.15) is 35.3 Å². The zero-order valence-electron chi connectivity index (χ0n) is 30.2. The third kappa shape index (κ3) is 9.67. The number of benzene rings is 1.